The first-order chi connectivity index (χ1) is 10.7. The van der Waals surface area contributed by atoms with Gasteiger partial charge in [-0.05, 0) is 18.9 Å². The molecule has 4 nitrogen and oxygen atoms in total. The van der Waals surface area contributed by atoms with Crippen molar-refractivity contribution in [2.45, 2.75) is 32.5 Å². The number of carbonyl (C=O) groups excluding carboxylic acids is 1. The maximum atomic E-state index is 11.8. The molecule has 2 aromatic rings. The van der Waals surface area contributed by atoms with E-state index < -0.39 is 0 Å². The highest BCUT2D eigenvalue weighted by Crippen LogP contribution is 2.33. The van der Waals surface area contributed by atoms with Crippen molar-refractivity contribution in [3.63, 3.8) is 0 Å². The fraction of sp³-hybridized carbons (Fsp3) is 0.294. The maximum Gasteiger partial charge on any atom is 0.247 e. The smallest absolute Gasteiger partial charge is 0.247 e. The van der Waals surface area contributed by atoms with Crippen LogP contribution in [0, 0.1) is 6.92 Å². The van der Waals surface area contributed by atoms with Crippen molar-refractivity contribution in [1.82, 2.24) is 15.2 Å². The van der Waals surface area contributed by atoms with Gasteiger partial charge in [0.05, 0.1) is 16.7 Å². The molecule has 0 aliphatic carbocycles. The molecule has 1 aromatic carbocycles. The summed E-state index contributed by atoms with van der Waals surface area (Å²) >= 11 is 1.60. The molecule has 1 unspecified atom stereocenters. The molecule has 0 spiro atoms. The van der Waals surface area contributed by atoms with E-state index in [1.54, 1.807) is 17.4 Å². The van der Waals surface area contributed by atoms with Gasteiger partial charge in [-0.25, -0.2) is 4.98 Å². The van der Waals surface area contributed by atoms with E-state index in [0.717, 1.165) is 17.1 Å². The second-order valence-corrected chi connectivity index (χ2v) is 6.36. The number of aryl methyl sites for hydroxylation is 1. The van der Waals surface area contributed by atoms with Gasteiger partial charge in [0.2, 0.25) is 5.91 Å². The first kappa shape index (κ1) is 14.8. The number of benzene rings is 1. The van der Waals surface area contributed by atoms with Gasteiger partial charge in [0, 0.05) is 17.7 Å². The van der Waals surface area contributed by atoms with Crippen LogP contribution in [0.4, 0.5) is 0 Å². The lowest BCUT2D eigenvalue weighted by Crippen LogP contribution is -2.43. The fourth-order valence-electron chi connectivity index (χ4n) is 2.81. The van der Waals surface area contributed by atoms with Gasteiger partial charge < -0.3 is 10.2 Å². The molecule has 1 aromatic heterocycles. The van der Waals surface area contributed by atoms with E-state index in [-0.39, 0.29) is 18.1 Å². The van der Waals surface area contributed by atoms with Gasteiger partial charge in [-0.1, -0.05) is 37.3 Å². The summed E-state index contributed by atoms with van der Waals surface area (Å²) in [5.41, 5.74) is 2.14. The van der Waals surface area contributed by atoms with Gasteiger partial charge >= 0.3 is 0 Å². The monoisotopic (exact) mass is 313 g/mol. The van der Waals surface area contributed by atoms with Crippen molar-refractivity contribution >= 4 is 17.2 Å². The quantitative estimate of drug-likeness (QED) is 0.939. The number of amides is 1. The predicted octanol–water partition coefficient (Wildman–Crippen LogP) is 3.55. The van der Waals surface area contributed by atoms with Crippen molar-refractivity contribution in [3.8, 4) is 0 Å². The van der Waals surface area contributed by atoms with E-state index in [0.29, 0.717) is 0 Å². The van der Waals surface area contributed by atoms with Gasteiger partial charge in [0.1, 0.15) is 6.17 Å². The van der Waals surface area contributed by atoms with E-state index in [2.05, 4.69) is 34.3 Å². The first-order valence-corrected chi connectivity index (χ1v) is 8.30. The van der Waals surface area contributed by atoms with Crippen molar-refractivity contribution in [3.05, 3.63) is 64.3 Å². The zero-order valence-corrected chi connectivity index (χ0v) is 13.5. The van der Waals surface area contributed by atoms with E-state index in [9.17, 15) is 4.79 Å². The molecule has 22 heavy (non-hydrogen) atoms. The molecule has 114 valence electrons. The Morgan fingerprint density at radius 1 is 1.36 bits per heavy atom. The van der Waals surface area contributed by atoms with Crippen LogP contribution in [0.15, 0.2) is 48.0 Å². The average molecular weight is 313 g/mol. The van der Waals surface area contributed by atoms with Gasteiger partial charge in [-0.3, -0.25) is 4.79 Å². The Hall–Kier alpha value is -2.14. The topological polar surface area (TPSA) is 45.2 Å². The van der Waals surface area contributed by atoms with E-state index in [1.807, 2.05) is 36.7 Å². The minimum Gasteiger partial charge on any atom is -0.345 e. The molecule has 2 heterocycles. The van der Waals surface area contributed by atoms with Gasteiger partial charge in [-0.2, -0.15) is 0 Å². The largest absolute Gasteiger partial charge is 0.345 e. The van der Waals surface area contributed by atoms with E-state index >= 15 is 0 Å². The third-order valence-corrected chi connectivity index (χ3v) is 4.61. The van der Waals surface area contributed by atoms with Crippen molar-refractivity contribution in [2.24, 2.45) is 0 Å². The number of carbonyl (C=O) groups is 1. The summed E-state index contributed by atoms with van der Waals surface area (Å²) in [4.78, 5) is 18.5. The summed E-state index contributed by atoms with van der Waals surface area (Å²) in [5.74, 6) is -0.0742. The van der Waals surface area contributed by atoms with Crippen LogP contribution < -0.4 is 5.32 Å². The minimum absolute atomic E-state index is 0.0742. The number of rotatable bonds is 4. The number of thiazole rings is 1. The average Bonchev–Trinajstić information content (AvgIpc) is 2.97. The Bertz CT molecular complexity index is 680. The van der Waals surface area contributed by atoms with Crippen molar-refractivity contribution in [2.75, 3.05) is 0 Å². The lowest BCUT2D eigenvalue weighted by Gasteiger charge is -2.38. The van der Waals surface area contributed by atoms with Crippen LogP contribution in [0.2, 0.25) is 0 Å². The first-order valence-electron chi connectivity index (χ1n) is 7.42. The van der Waals surface area contributed by atoms with Gasteiger partial charge in [0.15, 0.2) is 0 Å². The molecule has 0 fully saturated rings. The van der Waals surface area contributed by atoms with Crippen LogP contribution in [0.3, 0.4) is 0 Å². The summed E-state index contributed by atoms with van der Waals surface area (Å²) in [6.07, 6.45) is 4.21. The highest BCUT2D eigenvalue weighted by atomic mass is 32.1. The Morgan fingerprint density at radius 3 is 2.77 bits per heavy atom. The minimum atomic E-state index is -0.215. The van der Waals surface area contributed by atoms with Crippen LogP contribution in [0.5, 0.6) is 0 Å². The number of aromatic nitrogens is 1. The Morgan fingerprint density at radius 2 is 2.14 bits per heavy atom. The number of hydrogen-bond acceptors (Lipinski definition) is 4. The Labute approximate surface area is 134 Å². The molecule has 1 amide bonds. The van der Waals surface area contributed by atoms with Crippen molar-refractivity contribution in [1.29, 1.82) is 0 Å². The molecular formula is C17H19N3OS. The zero-order chi connectivity index (χ0) is 15.5. The fourth-order valence-corrected chi connectivity index (χ4v) is 3.44. The molecule has 1 aliphatic heterocycles. The second-order valence-electron chi connectivity index (χ2n) is 5.30. The van der Waals surface area contributed by atoms with Crippen LogP contribution in [0.1, 0.15) is 41.8 Å². The number of nitrogens with zero attached hydrogens (tertiary/aromatic N) is 2. The molecule has 0 saturated heterocycles. The highest BCUT2D eigenvalue weighted by molar-refractivity contribution is 7.09. The summed E-state index contributed by atoms with van der Waals surface area (Å²) in [7, 11) is 0. The molecule has 1 N–H and O–H groups in total. The molecule has 5 heteroatoms. The normalized spacial score (nSPS) is 19.1. The summed E-state index contributed by atoms with van der Waals surface area (Å²) in [6.45, 7) is 4.14. The van der Waals surface area contributed by atoms with Gasteiger partial charge in [-0.15, -0.1) is 11.3 Å². The van der Waals surface area contributed by atoms with E-state index in [4.69, 9.17) is 0 Å². The molecule has 0 bridgehead atoms. The summed E-state index contributed by atoms with van der Waals surface area (Å²) in [5, 5.41) is 6.05. The Balaban J connectivity index is 1.97. The summed E-state index contributed by atoms with van der Waals surface area (Å²) in [6, 6.07) is 10.6. The lowest BCUT2D eigenvalue weighted by atomic mass is 10.0. The van der Waals surface area contributed by atoms with E-state index in [1.165, 1.54) is 5.56 Å². The Kier molecular flexibility index (Phi) is 4.24. The summed E-state index contributed by atoms with van der Waals surface area (Å²) < 4.78 is 0. The third kappa shape index (κ3) is 2.90. The molecule has 1 aliphatic rings. The molecular weight excluding hydrogens is 294 g/mol. The zero-order valence-electron chi connectivity index (χ0n) is 12.7. The highest BCUT2D eigenvalue weighted by Gasteiger charge is 2.30. The number of nitrogens with one attached hydrogen (secondary N) is 1. The van der Waals surface area contributed by atoms with Gasteiger partial charge in [0.25, 0.3) is 0 Å². The van der Waals surface area contributed by atoms with Crippen LogP contribution in [-0.4, -0.2) is 15.8 Å². The molecule has 2 atom stereocenters. The SMILES string of the molecule is CC[C@H](c1ccccc1)N1C=CC(=O)NC1c1csc(C)n1. The predicted molar refractivity (Wildman–Crippen MR) is 88.2 cm³/mol. The third-order valence-electron chi connectivity index (χ3n) is 3.82. The second kappa shape index (κ2) is 6.32. The molecule has 0 saturated carbocycles. The van der Waals surface area contributed by atoms with Crippen LogP contribution >= 0.6 is 11.3 Å². The number of hydrogen-bond donors (Lipinski definition) is 1. The molecule has 3 rings (SSSR count). The van der Waals surface area contributed by atoms with Crippen LogP contribution in [-0.2, 0) is 4.79 Å². The maximum absolute atomic E-state index is 11.8. The lowest BCUT2D eigenvalue weighted by molar-refractivity contribution is -0.119. The van der Waals surface area contributed by atoms with Crippen LogP contribution in [0.25, 0.3) is 0 Å². The molecule has 0 radical (unpaired) electrons. The van der Waals surface area contributed by atoms with Crippen molar-refractivity contribution < 1.29 is 4.79 Å². The standard InChI is InChI=1S/C17H19N3OS/c1-3-15(13-7-5-4-6-8-13)20-10-9-16(21)19-17(20)14-11-22-12(2)18-14/h4-11,15,17H,3H2,1-2H3,(H,19,21)/t15-,17?/m1/s1.